The molecule has 0 amide bonds. The molecule has 0 fully saturated rings. The number of rotatable bonds is 5. The maximum Gasteiger partial charge on any atom is 0.265 e. The van der Waals surface area contributed by atoms with Crippen LogP contribution in [0.5, 0.6) is 5.88 Å². The van der Waals surface area contributed by atoms with Crippen molar-refractivity contribution in [2.45, 2.75) is 18.4 Å². The van der Waals surface area contributed by atoms with Gasteiger partial charge >= 0.3 is 0 Å². The van der Waals surface area contributed by atoms with Gasteiger partial charge in [-0.25, -0.2) is 18.1 Å². The Morgan fingerprint density at radius 3 is 2.75 bits per heavy atom. The van der Waals surface area contributed by atoms with Crippen LogP contribution >= 0.6 is 0 Å². The number of ether oxygens (including phenoxy) is 1. The average molecular weight is 297 g/mol. The van der Waals surface area contributed by atoms with E-state index in [0.717, 1.165) is 0 Å². The number of nitrogens with zero attached hydrogens (tertiary/aromatic N) is 2. The zero-order valence-corrected chi connectivity index (χ0v) is 11.9. The number of H-pyrrole nitrogens is 1. The maximum atomic E-state index is 12.1. The Morgan fingerprint density at radius 2 is 2.15 bits per heavy atom. The van der Waals surface area contributed by atoms with Crippen molar-refractivity contribution >= 4 is 16.0 Å². The first-order valence-electron chi connectivity index (χ1n) is 5.74. The second kappa shape index (κ2) is 5.47. The van der Waals surface area contributed by atoms with E-state index in [9.17, 15) is 8.42 Å². The average Bonchev–Trinajstić information content (AvgIpc) is 2.87. The summed E-state index contributed by atoms with van der Waals surface area (Å²) in [5, 5.41) is 0. The molecule has 9 heteroatoms. The highest BCUT2D eigenvalue weighted by molar-refractivity contribution is 7.92. The van der Waals surface area contributed by atoms with Crippen molar-refractivity contribution in [3.05, 3.63) is 29.7 Å². The summed E-state index contributed by atoms with van der Waals surface area (Å²) in [6.07, 6.45) is 1.36. The summed E-state index contributed by atoms with van der Waals surface area (Å²) in [6, 6.07) is 3.05. The molecule has 0 unspecified atom stereocenters. The van der Waals surface area contributed by atoms with Crippen LogP contribution in [0.3, 0.4) is 0 Å². The van der Waals surface area contributed by atoms with Gasteiger partial charge in [-0.1, -0.05) is 0 Å². The number of nitrogens with one attached hydrogen (secondary N) is 2. The molecule has 0 saturated heterocycles. The van der Waals surface area contributed by atoms with Crippen LogP contribution in [-0.2, 0) is 16.6 Å². The summed E-state index contributed by atoms with van der Waals surface area (Å²) in [6.45, 7) is 1.94. The van der Waals surface area contributed by atoms with E-state index < -0.39 is 10.0 Å². The van der Waals surface area contributed by atoms with Gasteiger partial charge in [-0.2, -0.15) is 4.98 Å². The molecule has 108 valence electrons. The number of methoxy groups -OCH3 is 1. The number of hydrogen-bond donors (Lipinski definition) is 3. The van der Waals surface area contributed by atoms with E-state index in [1.54, 1.807) is 13.0 Å². The zero-order valence-electron chi connectivity index (χ0n) is 11.0. The topological polar surface area (TPSA) is 123 Å². The fourth-order valence-electron chi connectivity index (χ4n) is 1.56. The maximum absolute atomic E-state index is 12.1. The first kappa shape index (κ1) is 14.3. The fraction of sp³-hybridized carbons (Fsp3) is 0.273. The van der Waals surface area contributed by atoms with Gasteiger partial charge < -0.3 is 15.5 Å². The molecule has 0 aliphatic rings. The van der Waals surface area contributed by atoms with E-state index in [0.29, 0.717) is 11.4 Å². The second-order valence-corrected chi connectivity index (χ2v) is 5.73. The van der Waals surface area contributed by atoms with Crippen molar-refractivity contribution < 1.29 is 13.2 Å². The molecule has 0 bridgehead atoms. The number of aromatic amines is 1. The van der Waals surface area contributed by atoms with Crippen LogP contribution in [0.15, 0.2) is 23.2 Å². The summed E-state index contributed by atoms with van der Waals surface area (Å²) in [5.41, 5.74) is 6.64. The van der Waals surface area contributed by atoms with Crippen LogP contribution in [0.1, 0.15) is 11.4 Å². The highest BCUT2D eigenvalue weighted by Crippen LogP contribution is 2.17. The van der Waals surface area contributed by atoms with Gasteiger partial charge in [-0.05, 0) is 13.0 Å². The summed E-state index contributed by atoms with van der Waals surface area (Å²) < 4.78 is 31.6. The molecule has 0 aliphatic carbocycles. The number of hydrogen-bond acceptors (Lipinski definition) is 6. The van der Waals surface area contributed by atoms with Gasteiger partial charge in [0.2, 0.25) is 11.8 Å². The predicted octanol–water partition coefficient (Wildman–Crippen LogP) is 0.381. The van der Waals surface area contributed by atoms with Crippen molar-refractivity contribution in [2.75, 3.05) is 11.8 Å². The highest BCUT2D eigenvalue weighted by Gasteiger charge is 2.18. The molecule has 0 radical (unpaired) electrons. The van der Waals surface area contributed by atoms with E-state index in [1.807, 2.05) is 0 Å². The van der Waals surface area contributed by atoms with Crippen LogP contribution in [0.25, 0.3) is 0 Å². The fourth-order valence-corrected chi connectivity index (χ4v) is 2.52. The van der Waals surface area contributed by atoms with Crippen molar-refractivity contribution in [3.63, 3.8) is 0 Å². The van der Waals surface area contributed by atoms with Gasteiger partial charge in [0.25, 0.3) is 10.0 Å². The quantitative estimate of drug-likeness (QED) is 0.733. The zero-order chi connectivity index (χ0) is 14.8. The lowest BCUT2D eigenvalue weighted by Gasteiger charge is -2.07. The first-order valence-corrected chi connectivity index (χ1v) is 7.23. The Balaban J connectivity index is 2.30. The SMILES string of the molecule is COc1cc(C)nc(NS(=O)(=O)c2c[nH]c(CN)c2)n1. The van der Waals surface area contributed by atoms with Crippen molar-refractivity contribution in [1.82, 2.24) is 15.0 Å². The lowest BCUT2D eigenvalue weighted by atomic mass is 10.4. The molecule has 0 atom stereocenters. The van der Waals surface area contributed by atoms with E-state index in [-0.39, 0.29) is 23.3 Å². The van der Waals surface area contributed by atoms with E-state index >= 15 is 0 Å². The van der Waals surface area contributed by atoms with Crippen LogP contribution in [0, 0.1) is 6.92 Å². The standard InChI is InChI=1S/C11H15N5O3S/c1-7-3-10(19-2)15-11(14-7)16-20(17,18)9-4-8(5-12)13-6-9/h3-4,6,13H,5,12H2,1-2H3,(H,14,15,16). The molecule has 4 N–H and O–H groups in total. The van der Waals surface area contributed by atoms with Gasteiger partial charge in [-0.15, -0.1) is 0 Å². The molecular weight excluding hydrogens is 282 g/mol. The first-order chi connectivity index (χ1) is 9.44. The van der Waals surface area contributed by atoms with Gasteiger partial charge in [0.1, 0.15) is 4.90 Å². The molecule has 0 saturated carbocycles. The van der Waals surface area contributed by atoms with E-state index in [4.69, 9.17) is 10.5 Å². The summed E-state index contributed by atoms with van der Waals surface area (Å²) >= 11 is 0. The smallest absolute Gasteiger partial charge is 0.265 e. The Kier molecular flexibility index (Phi) is 3.91. The minimum atomic E-state index is -3.76. The summed E-state index contributed by atoms with van der Waals surface area (Å²) in [7, 11) is -2.32. The van der Waals surface area contributed by atoms with Gasteiger partial charge in [0.05, 0.1) is 7.11 Å². The van der Waals surface area contributed by atoms with Crippen molar-refractivity contribution in [3.8, 4) is 5.88 Å². The third-order valence-electron chi connectivity index (χ3n) is 2.51. The molecule has 0 spiro atoms. The van der Waals surface area contributed by atoms with Crippen LogP contribution in [0.4, 0.5) is 5.95 Å². The Labute approximate surface area is 116 Å². The second-order valence-electron chi connectivity index (χ2n) is 4.05. The number of nitrogens with two attached hydrogens (primary N) is 1. The third-order valence-corrected chi connectivity index (χ3v) is 3.82. The number of anilines is 1. The molecule has 0 aliphatic heterocycles. The lowest BCUT2D eigenvalue weighted by Crippen LogP contribution is -2.15. The minimum Gasteiger partial charge on any atom is -0.481 e. The number of sulfonamides is 1. The van der Waals surface area contributed by atoms with E-state index in [2.05, 4.69) is 19.7 Å². The molecule has 8 nitrogen and oxygen atoms in total. The van der Waals surface area contributed by atoms with Crippen LogP contribution in [0.2, 0.25) is 0 Å². The Morgan fingerprint density at radius 1 is 1.40 bits per heavy atom. The number of aryl methyl sites for hydroxylation is 1. The highest BCUT2D eigenvalue weighted by atomic mass is 32.2. The summed E-state index contributed by atoms with van der Waals surface area (Å²) in [5.74, 6) is 0.240. The third kappa shape index (κ3) is 3.06. The Hall–Kier alpha value is -2.13. The lowest BCUT2D eigenvalue weighted by molar-refractivity contribution is 0.397. The van der Waals surface area contributed by atoms with Crippen LogP contribution < -0.4 is 15.2 Å². The van der Waals surface area contributed by atoms with Gasteiger partial charge in [0, 0.05) is 30.2 Å². The Bertz CT molecular complexity index is 711. The van der Waals surface area contributed by atoms with E-state index in [1.165, 1.54) is 19.4 Å². The predicted molar refractivity (Wildman–Crippen MR) is 72.8 cm³/mol. The molecule has 0 aromatic carbocycles. The molecular formula is C11H15N5O3S. The van der Waals surface area contributed by atoms with Gasteiger partial charge in [0.15, 0.2) is 0 Å². The molecule has 2 aromatic rings. The van der Waals surface area contributed by atoms with Crippen molar-refractivity contribution in [1.29, 1.82) is 0 Å². The van der Waals surface area contributed by atoms with Gasteiger partial charge in [-0.3, -0.25) is 0 Å². The largest absolute Gasteiger partial charge is 0.481 e. The molecule has 20 heavy (non-hydrogen) atoms. The molecule has 2 rings (SSSR count). The normalized spacial score (nSPS) is 11.3. The minimum absolute atomic E-state index is 0.0441. The molecule has 2 heterocycles. The van der Waals surface area contributed by atoms with Crippen LogP contribution in [-0.4, -0.2) is 30.5 Å². The summed E-state index contributed by atoms with van der Waals surface area (Å²) in [4.78, 5) is 10.8. The van der Waals surface area contributed by atoms with Crippen molar-refractivity contribution in [2.24, 2.45) is 5.73 Å². The molecule has 2 aromatic heterocycles. The monoisotopic (exact) mass is 297 g/mol. The number of aromatic nitrogens is 3.